The summed E-state index contributed by atoms with van der Waals surface area (Å²) in [6.45, 7) is 5.65. The Hall–Kier alpha value is -2.14. The van der Waals surface area contributed by atoms with Crippen LogP contribution in [0, 0.1) is 0 Å². The van der Waals surface area contributed by atoms with Gasteiger partial charge in [-0.3, -0.25) is 4.98 Å². The lowest BCUT2D eigenvalue weighted by atomic mass is 9.79. The van der Waals surface area contributed by atoms with E-state index in [2.05, 4.69) is 4.98 Å². The van der Waals surface area contributed by atoms with Gasteiger partial charge in [-0.2, -0.15) is 0 Å². The van der Waals surface area contributed by atoms with Gasteiger partial charge in [-0.25, -0.2) is 4.79 Å². The Kier molecular flexibility index (Phi) is 3.95. The summed E-state index contributed by atoms with van der Waals surface area (Å²) in [6.07, 6.45) is 6.21. The summed E-state index contributed by atoms with van der Waals surface area (Å²) in [4.78, 5) is 18.8. The van der Waals surface area contributed by atoms with Gasteiger partial charge in [0, 0.05) is 48.3 Å². The lowest BCUT2D eigenvalue weighted by Gasteiger charge is -2.44. The summed E-state index contributed by atoms with van der Waals surface area (Å²) in [5.41, 5.74) is -0.599. The lowest BCUT2D eigenvalue weighted by Crippen LogP contribution is -2.53. The van der Waals surface area contributed by atoms with Crippen LogP contribution in [0.15, 0.2) is 36.7 Å². The number of piperidine rings is 1. The number of hydrogen-bond acceptors (Lipinski definition) is 4. The lowest BCUT2D eigenvalue weighted by molar-refractivity contribution is -0.0617. The number of pyridine rings is 1. The highest BCUT2D eigenvalue weighted by molar-refractivity contribution is 5.85. The smallest absolute Gasteiger partial charge is 0.410 e. The maximum absolute atomic E-state index is 12.6. The first kappa shape index (κ1) is 17.3. The van der Waals surface area contributed by atoms with Crippen LogP contribution >= 0.6 is 0 Å². The van der Waals surface area contributed by atoms with Gasteiger partial charge in [0.2, 0.25) is 0 Å². The molecule has 0 aliphatic carbocycles. The van der Waals surface area contributed by atoms with E-state index in [9.17, 15) is 9.90 Å². The Labute approximate surface area is 154 Å². The number of amides is 1. The van der Waals surface area contributed by atoms with Crippen molar-refractivity contribution in [1.82, 2.24) is 9.88 Å². The van der Waals surface area contributed by atoms with Gasteiger partial charge >= 0.3 is 6.09 Å². The Morgan fingerprint density at radius 1 is 1.19 bits per heavy atom. The summed E-state index contributed by atoms with van der Waals surface area (Å²) in [6, 6.07) is 8.03. The number of aliphatic hydroxyl groups is 1. The second-order valence-electron chi connectivity index (χ2n) is 8.62. The fourth-order valence-corrected chi connectivity index (χ4v) is 4.54. The largest absolute Gasteiger partial charge is 0.444 e. The molecule has 5 heteroatoms. The zero-order valence-electron chi connectivity index (χ0n) is 15.6. The van der Waals surface area contributed by atoms with Crippen molar-refractivity contribution < 1.29 is 14.6 Å². The number of hydrogen-bond donors (Lipinski definition) is 1. The summed E-state index contributed by atoms with van der Waals surface area (Å²) in [5, 5.41) is 13.6. The third kappa shape index (κ3) is 2.94. The van der Waals surface area contributed by atoms with Crippen LogP contribution in [0.1, 0.15) is 52.0 Å². The van der Waals surface area contributed by atoms with Gasteiger partial charge in [-0.1, -0.05) is 24.3 Å². The molecule has 138 valence electrons. The number of aromatic nitrogens is 1. The van der Waals surface area contributed by atoms with Crippen LogP contribution < -0.4 is 0 Å². The van der Waals surface area contributed by atoms with E-state index in [1.165, 1.54) is 0 Å². The molecule has 2 aliphatic rings. The average molecular weight is 354 g/mol. The van der Waals surface area contributed by atoms with Crippen molar-refractivity contribution in [3.8, 4) is 0 Å². The molecular weight excluding hydrogens is 328 g/mol. The van der Waals surface area contributed by atoms with Gasteiger partial charge in [0.05, 0.1) is 5.60 Å². The molecule has 1 amide bonds. The molecule has 2 unspecified atom stereocenters. The number of fused-ring (bicyclic) bond motifs is 3. The minimum Gasteiger partial charge on any atom is -0.444 e. The van der Waals surface area contributed by atoms with E-state index >= 15 is 0 Å². The first-order valence-electron chi connectivity index (χ1n) is 9.34. The first-order chi connectivity index (χ1) is 12.3. The number of rotatable bonds is 1. The van der Waals surface area contributed by atoms with Crippen molar-refractivity contribution in [2.45, 2.75) is 69.7 Å². The standard InChI is InChI=1S/C21H26N2O3/c1-20(2,3)26-19(24)23-15-8-9-16(23)11-21(25,10-15)18-13-22-12-14-6-4-5-7-17(14)18/h4-7,12-13,15-16,25H,8-11H2,1-3H3. The van der Waals surface area contributed by atoms with Crippen molar-refractivity contribution in [2.24, 2.45) is 0 Å². The van der Waals surface area contributed by atoms with Gasteiger partial charge in [0.15, 0.2) is 0 Å². The Morgan fingerprint density at radius 3 is 2.50 bits per heavy atom. The minimum absolute atomic E-state index is 0.00701. The zero-order valence-corrected chi connectivity index (χ0v) is 15.6. The highest BCUT2D eigenvalue weighted by Crippen LogP contribution is 2.47. The van der Waals surface area contributed by atoms with Crippen LogP contribution in [-0.2, 0) is 10.3 Å². The van der Waals surface area contributed by atoms with Crippen molar-refractivity contribution in [3.63, 3.8) is 0 Å². The van der Waals surface area contributed by atoms with Crippen LogP contribution in [-0.4, -0.2) is 38.8 Å². The van der Waals surface area contributed by atoms with Crippen LogP contribution in [0.4, 0.5) is 4.79 Å². The number of ether oxygens (including phenoxy) is 1. The Morgan fingerprint density at radius 2 is 1.85 bits per heavy atom. The van der Waals surface area contributed by atoms with Crippen LogP contribution in [0.3, 0.4) is 0 Å². The predicted molar refractivity (Wildman–Crippen MR) is 99.8 cm³/mol. The van der Waals surface area contributed by atoms with Crippen LogP contribution in [0.25, 0.3) is 10.8 Å². The van der Waals surface area contributed by atoms with Gasteiger partial charge in [0.25, 0.3) is 0 Å². The van der Waals surface area contributed by atoms with Crippen molar-refractivity contribution in [1.29, 1.82) is 0 Å². The summed E-state index contributed by atoms with van der Waals surface area (Å²) < 4.78 is 5.60. The van der Waals surface area contributed by atoms with Crippen molar-refractivity contribution in [3.05, 3.63) is 42.2 Å². The monoisotopic (exact) mass is 354 g/mol. The molecule has 0 radical (unpaired) electrons. The van der Waals surface area contributed by atoms with E-state index in [-0.39, 0.29) is 18.2 Å². The molecule has 2 aliphatic heterocycles. The number of benzene rings is 1. The molecule has 2 bridgehead atoms. The quantitative estimate of drug-likeness (QED) is 0.841. The molecule has 26 heavy (non-hydrogen) atoms. The fourth-order valence-electron chi connectivity index (χ4n) is 4.54. The van der Waals surface area contributed by atoms with Crippen molar-refractivity contribution in [2.75, 3.05) is 0 Å². The molecule has 2 saturated heterocycles. The highest BCUT2D eigenvalue weighted by atomic mass is 16.6. The van der Waals surface area contributed by atoms with Crippen molar-refractivity contribution >= 4 is 16.9 Å². The zero-order chi connectivity index (χ0) is 18.5. The van der Waals surface area contributed by atoms with Crippen LogP contribution in [0.2, 0.25) is 0 Å². The van der Waals surface area contributed by atoms with Crippen LogP contribution in [0.5, 0.6) is 0 Å². The number of carbonyl (C=O) groups excluding carboxylic acids is 1. The van der Waals surface area contributed by atoms with E-state index < -0.39 is 11.2 Å². The second kappa shape index (κ2) is 5.95. The van der Waals surface area contributed by atoms with Gasteiger partial charge in [-0.15, -0.1) is 0 Å². The minimum atomic E-state index is -0.960. The van der Waals surface area contributed by atoms with E-state index in [1.807, 2.05) is 56.1 Å². The van der Waals surface area contributed by atoms with E-state index in [0.717, 1.165) is 29.2 Å². The first-order valence-corrected chi connectivity index (χ1v) is 9.34. The van der Waals surface area contributed by atoms with E-state index in [1.54, 1.807) is 6.20 Å². The second-order valence-corrected chi connectivity index (χ2v) is 8.62. The van der Waals surface area contributed by atoms with Gasteiger partial charge in [0.1, 0.15) is 5.60 Å². The molecule has 1 N–H and O–H groups in total. The average Bonchev–Trinajstić information content (AvgIpc) is 2.85. The molecular formula is C21H26N2O3. The SMILES string of the molecule is CC(C)(C)OC(=O)N1C2CCC1CC(O)(c1cncc3ccccc13)C2. The summed E-state index contributed by atoms with van der Waals surface area (Å²) in [5.74, 6) is 0. The fraction of sp³-hybridized carbons (Fsp3) is 0.524. The molecule has 2 atom stereocenters. The Bertz CT molecular complexity index is 823. The van der Waals surface area contributed by atoms with E-state index in [4.69, 9.17) is 4.74 Å². The van der Waals surface area contributed by atoms with Gasteiger partial charge in [-0.05, 0) is 39.0 Å². The molecule has 3 heterocycles. The maximum Gasteiger partial charge on any atom is 0.410 e. The molecule has 2 fully saturated rings. The van der Waals surface area contributed by atoms with E-state index in [0.29, 0.717) is 12.8 Å². The topological polar surface area (TPSA) is 62.7 Å². The maximum atomic E-state index is 12.6. The molecule has 1 aromatic carbocycles. The normalized spacial score (nSPS) is 28.4. The molecule has 1 aromatic heterocycles. The Balaban J connectivity index is 1.65. The molecule has 2 aromatic rings. The number of carbonyl (C=O) groups is 1. The van der Waals surface area contributed by atoms with Gasteiger partial charge < -0.3 is 14.7 Å². The third-order valence-electron chi connectivity index (χ3n) is 5.54. The molecule has 5 nitrogen and oxygen atoms in total. The third-order valence-corrected chi connectivity index (χ3v) is 5.54. The molecule has 0 spiro atoms. The number of nitrogens with zero attached hydrogens (tertiary/aromatic N) is 2. The highest BCUT2D eigenvalue weighted by Gasteiger charge is 2.51. The molecule has 0 saturated carbocycles. The summed E-state index contributed by atoms with van der Waals surface area (Å²) >= 11 is 0. The predicted octanol–water partition coefficient (Wildman–Crippen LogP) is 3.98. The molecule has 4 rings (SSSR count). The summed E-state index contributed by atoms with van der Waals surface area (Å²) in [7, 11) is 0.